The summed E-state index contributed by atoms with van der Waals surface area (Å²) in [6, 6.07) is 7.35. The maximum Gasteiger partial charge on any atom is 0.283 e. The fourth-order valence-corrected chi connectivity index (χ4v) is 4.32. The van der Waals surface area contributed by atoms with E-state index in [0.717, 1.165) is 30.1 Å². The molecule has 4 heterocycles. The fourth-order valence-electron chi connectivity index (χ4n) is 2.63. The number of rotatable bonds is 7. The Kier molecular flexibility index (Phi) is 5.54. The summed E-state index contributed by atoms with van der Waals surface area (Å²) < 4.78 is 11.1. The number of amides is 1. The summed E-state index contributed by atoms with van der Waals surface area (Å²) in [6.07, 6.45) is 6.08. The van der Waals surface area contributed by atoms with Crippen LogP contribution < -0.4 is 0 Å². The zero-order valence-electron chi connectivity index (χ0n) is 15.2. The molecule has 0 fully saturated rings. The van der Waals surface area contributed by atoms with E-state index in [4.69, 9.17) is 14.2 Å². The van der Waals surface area contributed by atoms with Crippen LogP contribution in [0.3, 0.4) is 0 Å². The van der Waals surface area contributed by atoms with Crippen molar-refractivity contribution in [3.05, 3.63) is 47.6 Å². The molecule has 2 aromatic rings. The van der Waals surface area contributed by atoms with Crippen LogP contribution in [0, 0.1) is 5.41 Å². The van der Waals surface area contributed by atoms with Crippen molar-refractivity contribution in [2.24, 2.45) is 10.1 Å². The molecule has 9 heteroatoms. The molecule has 7 nitrogen and oxygen atoms in total. The Labute approximate surface area is 170 Å². The minimum atomic E-state index is -0.447. The fraction of sp³-hybridized carbons (Fsp3) is 0.263. The van der Waals surface area contributed by atoms with E-state index in [1.807, 2.05) is 18.2 Å². The molecule has 1 N–H and O–H groups in total. The molecule has 0 aliphatic carbocycles. The lowest BCUT2D eigenvalue weighted by molar-refractivity contribution is -0.114. The zero-order valence-corrected chi connectivity index (χ0v) is 16.8. The van der Waals surface area contributed by atoms with Gasteiger partial charge in [0.1, 0.15) is 16.6 Å². The van der Waals surface area contributed by atoms with Crippen LogP contribution in [0.5, 0.6) is 0 Å². The first-order valence-corrected chi connectivity index (χ1v) is 10.7. The topological polar surface area (TPSA) is 95.2 Å². The smallest absolute Gasteiger partial charge is 0.283 e. The standard InChI is InChI=1S/C19H18N4O3S2/c1-2-3-6-15-22-23-17(20)14(18(24)21-19(23)28-15)10-12-7-8-16(26-12)27-11-13-5-4-9-25-13/h4-5,7-10,20H,2-3,6,11H2,1H3/b14-10-,20-17?. The molecule has 0 atom stereocenters. The third-order valence-electron chi connectivity index (χ3n) is 4.07. The van der Waals surface area contributed by atoms with Gasteiger partial charge in [-0.15, -0.1) is 0 Å². The lowest BCUT2D eigenvalue weighted by atomic mass is 10.1. The van der Waals surface area contributed by atoms with Crippen LogP contribution >= 0.6 is 23.5 Å². The van der Waals surface area contributed by atoms with Crippen molar-refractivity contribution in [2.45, 2.75) is 37.0 Å². The van der Waals surface area contributed by atoms with E-state index in [1.165, 1.54) is 28.5 Å². The number of amidine groups is 2. The highest BCUT2D eigenvalue weighted by atomic mass is 32.2. The SMILES string of the molecule is CCCCC1=NN2C(=N)/C(=C/c3ccc(SCc4ccco4)o3)C(=O)N=C2S1. The predicted molar refractivity (Wildman–Crippen MR) is 112 cm³/mol. The summed E-state index contributed by atoms with van der Waals surface area (Å²) in [5.41, 5.74) is 0.168. The Balaban J connectivity index is 1.48. The van der Waals surface area contributed by atoms with E-state index in [0.29, 0.717) is 21.8 Å². The maximum absolute atomic E-state index is 12.4. The predicted octanol–water partition coefficient (Wildman–Crippen LogP) is 4.97. The third kappa shape index (κ3) is 4.00. The Hall–Kier alpha value is -2.52. The molecule has 28 heavy (non-hydrogen) atoms. The number of hydrogen-bond acceptors (Lipinski definition) is 7. The Morgan fingerprint density at radius 1 is 1.36 bits per heavy atom. The van der Waals surface area contributed by atoms with Crippen LogP contribution in [0.1, 0.15) is 37.7 Å². The van der Waals surface area contributed by atoms with Crippen molar-refractivity contribution in [3.63, 3.8) is 0 Å². The number of carbonyl (C=O) groups excluding carboxylic acids is 1. The Morgan fingerprint density at radius 3 is 3.04 bits per heavy atom. The second-order valence-corrected chi connectivity index (χ2v) is 8.16. The van der Waals surface area contributed by atoms with Crippen molar-refractivity contribution >= 4 is 51.6 Å². The monoisotopic (exact) mass is 414 g/mol. The van der Waals surface area contributed by atoms with Gasteiger partial charge in [-0.2, -0.15) is 15.1 Å². The number of hydrogen-bond donors (Lipinski definition) is 1. The second kappa shape index (κ2) is 8.24. The lowest BCUT2D eigenvalue weighted by Crippen LogP contribution is -2.35. The van der Waals surface area contributed by atoms with E-state index in [9.17, 15) is 4.79 Å². The summed E-state index contributed by atoms with van der Waals surface area (Å²) >= 11 is 2.86. The molecular formula is C19H18N4O3S2. The normalized spacial score (nSPS) is 17.9. The van der Waals surface area contributed by atoms with Crippen molar-refractivity contribution in [1.82, 2.24) is 5.01 Å². The van der Waals surface area contributed by atoms with E-state index in [2.05, 4.69) is 17.0 Å². The second-order valence-electron chi connectivity index (χ2n) is 6.14. The summed E-state index contributed by atoms with van der Waals surface area (Å²) in [6.45, 7) is 2.11. The minimum Gasteiger partial charge on any atom is -0.468 e. The molecule has 0 radical (unpaired) electrons. The zero-order chi connectivity index (χ0) is 19.5. The number of carbonyl (C=O) groups is 1. The number of aliphatic imine (C=N–C) groups is 1. The van der Waals surface area contributed by atoms with Crippen LogP contribution in [-0.2, 0) is 10.5 Å². The largest absolute Gasteiger partial charge is 0.468 e. The van der Waals surface area contributed by atoms with Gasteiger partial charge in [0.2, 0.25) is 5.17 Å². The number of hydrazone groups is 1. The molecule has 2 aromatic heterocycles. The molecule has 0 saturated carbocycles. The molecular weight excluding hydrogens is 396 g/mol. The van der Waals surface area contributed by atoms with Crippen LogP contribution in [0.4, 0.5) is 0 Å². The molecule has 144 valence electrons. The van der Waals surface area contributed by atoms with E-state index in [1.54, 1.807) is 18.4 Å². The quantitative estimate of drug-likeness (QED) is 0.507. The average Bonchev–Trinajstić information content (AvgIpc) is 3.42. The van der Waals surface area contributed by atoms with Crippen molar-refractivity contribution in [3.8, 4) is 0 Å². The first kappa shape index (κ1) is 18.8. The van der Waals surface area contributed by atoms with E-state index < -0.39 is 5.91 Å². The van der Waals surface area contributed by atoms with Crippen molar-refractivity contribution in [2.75, 3.05) is 0 Å². The number of furan rings is 2. The summed E-state index contributed by atoms with van der Waals surface area (Å²) in [5.74, 6) is 1.58. The molecule has 0 spiro atoms. The summed E-state index contributed by atoms with van der Waals surface area (Å²) in [4.78, 5) is 16.5. The van der Waals surface area contributed by atoms with Gasteiger partial charge in [-0.25, -0.2) is 0 Å². The van der Waals surface area contributed by atoms with Crippen LogP contribution in [-0.4, -0.2) is 27.0 Å². The van der Waals surface area contributed by atoms with Gasteiger partial charge in [0, 0.05) is 0 Å². The molecule has 0 bridgehead atoms. The Bertz CT molecular complexity index is 989. The molecule has 0 saturated heterocycles. The van der Waals surface area contributed by atoms with Crippen LogP contribution in [0.15, 0.2) is 60.1 Å². The van der Waals surface area contributed by atoms with Crippen molar-refractivity contribution in [1.29, 1.82) is 5.41 Å². The van der Waals surface area contributed by atoms with E-state index >= 15 is 0 Å². The van der Waals surface area contributed by atoms with Gasteiger partial charge in [0.15, 0.2) is 10.9 Å². The molecule has 0 unspecified atom stereocenters. The highest BCUT2D eigenvalue weighted by Crippen LogP contribution is 2.31. The highest BCUT2D eigenvalue weighted by Gasteiger charge is 2.35. The number of unbranched alkanes of at least 4 members (excludes halogenated alkanes) is 1. The van der Waals surface area contributed by atoms with Gasteiger partial charge in [0.05, 0.1) is 17.6 Å². The lowest BCUT2D eigenvalue weighted by Gasteiger charge is -2.19. The first-order valence-electron chi connectivity index (χ1n) is 8.88. The van der Waals surface area contributed by atoms with Gasteiger partial charge in [0.25, 0.3) is 5.91 Å². The number of nitrogens with one attached hydrogen (secondary N) is 1. The number of fused-ring (bicyclic) bond motifs is 1. The van der Waals surface area contributed by atoms with Crippen LogP contribution in [0.25, 0.3) is 6.08 Å². The molecule has 1 amide bonds. The first-order chi connectivity index (χ1) is 13.6. The Morgan fingerprint density at radius 2 is 2.25 bits per heavy atom. The summed E-state index contributed by atoms with van der Waals surface area (Å²) in [7, 11) is 0. The highest BCUT2D eigenvalue weighted by molar-refractivity contribution is 8.26. The van der Waals surface area contributed by atoms with Gasteiger partial charge < -0.3 is 8.83 Å². The van der Waals surface area contributed by atoms with Crippen LogP contribution in [0.2, 0.25) is 0 Å². The maximum atomic E-state index is 12.4. The average molecular weight is 415 g/mol. The van der Waals surface area contributed by atoms with Gasteiger partial charge in [-0.05, 0) is 54.9 Å². The molecule has 4 rings (SSSR count). The van der Waals surface area contributed by atoms with Crippen molar-refractivity contribution < 1.29 is 13.6 Å². The molecule has 2 aliphatic rings. The summed E-state index contributed by atoms with van der Waals surface area (Å²) in [5, 5.41) is 16.3. The number of thioether (sulfide) groups is 2. The van der Waals surface area contributed by atoms with Gasteiger partial charge in [-0.3, -0.25) is 10.2 Å². The molecule has 0 aromatic carbocycles. The molecule has 2 aliphatic heterocycles. The van der Waals surface area contributed by atoms with Gasteiger partial charge in [-0.1, -0.05) is 25.1 Å². The minimum absolute atomic E-state index is 0.0233. The number of nitrogens with zero attached hydrogens (tertiary/aromatic N) is 3. The van der Waals surface area contributed by atoms with Gasteiger partial charge >= 0.3 is 0 Å². The van der Waals surface area contributed by atoms with E-state index in [-0.39, 0.29) is 11.4 Å². The third-order valence-corrected chi connectivity index (χ3v) is 5.97.